The highest BCUT2D eigenvalue weighted by Gasteiger charge is 2.27. The molecule has 1 saturated heterocycles. The Kier molecular flexibility index (Phi) is 10.8. The average molecular weight is 500 g/mol. The van der Waals surface area contributed by atoms with Crippen LogP contribution in [0, 0.1) is 5.82 Å². The van der Waals surface area contributed by atoms with E-state index in [9.17, 15) is 18.8 Å². The van der Waals surface area contributed by atoms with Gasteiger partial charge in [-0.3, -0.25) is 19.4 Å². The standard InChI is InChI=1S/C26H34FN5O4/c1-32(25(34)16-31-24(33)18-36-17-22-3-2-11-29-22)23(15-20-4-6-21(27)7-5-20)26(35)30-14-10-19-8-12-28-13-9-19/h4-9,12-13,22-23,29H,2-3,10-11,14-18H2,1H3,(H,30,35)(H,31,33). The largest absolute Gasteiger partial charge is 0.370 e. The van der Waals surface area contributed by atoms with Crippen molar-refractivity contribution in [3.63, 3.8) is 0 Å². The highest BCUT2D eigenvalue weighted by molar-refractivity contribution is 5.90. The lowest BCUT2D eigenvalue weighted by atomic mass is 10.0. The molecule has 0 bridgehead atoms. The number of nitrogens with one attached hydrogen (secondary N) is 3. The first-order valence-corrected chi connectivity index (χ1v) is 12.2. The van der Waals surface area contributed by atoms with E-state index in [1.54, 1.807) is 24.5 Å². The van der Waals surface area contributed by atoms with Gasteiger partial charge < -0.3 is 25.6 Å². The molecule has 2 unspecified atom stereocenters. The van der Waals surface area contributed by atoms with Crippen molar-refractivity contribution in [1.82, 2.24) is 25.8 Å². The molecular formula is C26H34FN5O4. The summed E-state index contributed by atoms with van der Waals surface area (Å²) in [6, 6.07) is 8.97. The van der Waals surface area contributed by atoms with Gasteiger partial charge in [-0.05, 0) is 61.2 Å². The number of nitrogens with zero attached hydrogens (tertiary/aromatic N) is 2. The minimum atomic E-state index is -0.831. The van der Waals surface area contributed by atoms with Crippen LogP contribution in [-0.2, 0) is 32.0 Å². The van der Waals surface area contributed by atoms with E-state index in [1.165, 1.54) is 24.1 Å². The van der Waals surface area contributed by atoms with E-state index < -0.39 is 17.9 Å². The fraction of sp³-hybridized carbons (Fsp3) is 0.462. The Labute approximate surface area is 210 Å². The maximum atomic E-state index is 13.3. The van der Waals surface area contributed by atoms with Gasteiger partial charge in [-0.2, -0.15) is 0 Å². The highest BCUT2D eigenvalue weighted by atomic mass is 19.1. The van der Waals surface area contributed by atoms with E-state index in [4.69, 9.17) is 4.74 Å². The Hall–Kier alpha value is -3.37. The van der Waals surface area contributed by atoms with Crippen LogP contribution in [0.25, 0.3) is 0 Å². The van der Waals surface area contributed by atoms with Gasteiger partial charge in [0.1, 0.15) is 18.5 Å². The fourth-order valence-electron chi connectivity index (χ4n) is 3.96. The van der Waals surface area contributed by atoms with E-state index >= 15 is 0 Å². The zero-order chi connectivity index (χ0) is 25.8. The van der Waals surface area contributed by atoms with Crippen molar-refractivity contribution < 1.29 is 23.5 Å². The van der Waals surface area contributed by atoms with Crippen molar-refractivity contribution >= 4 is 17.7 Å². The van der Waals surface area contributed by atoms with E-state index in [0.717, 1.165) is 24.9 Å². The molecule has 0 spiro atoms. The summed E-state index contributed by atoms with van der Waals surface area (Å²) >= 11 is 0. The van der Waals surface area contributed by atoms with Crippen molar-refractivity contribution in [2.24, 2.45) is 0 Å². The maximum absolute atomic E-state index is 13.3. The van der Waals surface area contributed by atoms with Crippen LogP contribution in [0.2, 0.25) is 0 Å². The summed E-state index contributed by atoms with van der Waals surface area (Å²) in [6.45, 7) is 1.39. The summed E-state index contributed by atoms with van der Waals surface area (Å²) < 4.78 is 18.8. The second-order valence-corrected chi connectivity index (χ2v) is 8.83. The minimum absolute atomic E-state index is 0.135. The second kappa shape index (κ2) is 14.3. The molecule has 2 atom stereocenters. The molecule has 1 aromatic heterocycles. The molecule has 2 aromatic rings. The monoisotopic (exact) mass is 499 g/mol. The summed E-state index contributed by atoms with van der Waals surface area (Å²) in [7, 11) is 1.52. The second-order valence-electron chi connectivity index (χ2n) is 8.83. The van der Waals surface area contributed by atoms with Crippen LogP contribution in [0.5, 0.6) is 0 Å². The predicted molar refractivity (Wildman–Crippen MR) is 132 cm³/mol. The van der Waals surface area contributed by atoms with Gasteiger partial charge in [-0.25, -0.2) is 4.39 Å². The lowest BCUT2D eigenvalue weighted by Gasteiger charge is -2.28. The fourth-order valence-corrected chi connectivity index (χ4v) is 3.96. The van der Waals surface area contributed by atoms with Gasteiger partial charge in [0.25, 0.3) is 0 Å². The van der Waals surface area contributed by atoms with E-state index in [1.807, 2.05) is 12.1 Å². The molecule has 1 aromatic carbocycles. The predicted octanol–water partition coefficient (Wildman–Crippen LogP) is 0.834. The van der Waals surface area contributed by atoms with E-state index in [0.29, 0.717) is 25.1 Å². The zero-order valence-corrected chi connectivity index (χ0v) is 20.5. The first kappa shape index (κ1) is 27.2. The Morgan fingerprint density at radius 3 is 2.58 bits per heavy atom. The number of hydrogen-bond acceptors (Lipinski definition) is 6. The highest BCUT2D eigenvalue weighted by Crippen LogP contribution is 2.11. The summed E-state index contributed by atoms with van der Waals surface area (Å²) in [5.41, 5.74) is 1.74. The molecule has 0 aliphatic carbocycles. The molecule has 36 heavy (non-hydrogen) atoms. The number of carbonyl (C=O) groups excluding carboxylic acids is 3. The summed E-state index contributed by atoms with van der Waals surface area (Å²) in [5.74, 6) is -1.53. The number of carbonyl (C=O) groups is 3. The van der Waals surface area contributed by atoms with E-state index in [-0.39, 0.29) is 37.3 Å². The summed E-state index contributed by atoms with van der Waals surface area (Å²) in [5, 5.41) is 8.72. The Morgan fingerprint density at radius 2 is 1.89 bits per heavy atom. The summed E-state index contributed by atoms with van der Waals surface area (Å²) in [6.07, 6.45) is 6.30. The van der Waals surface area contributed by atoms with Gasteiger partial charge in [0, 0.05) is 38.4 Å². The third kappa shape index (κ3) is 9.01. The molecule has 194 valence electrons. The number of likely N-dealkylation sites (N-methyl/N-ethyl adjacent to an activating group) is 1. The van der Waals surface area contributed by atoms with Crippen molar-refractivity contribution in [1.29, 1.82) is 0 Å². The quantitative estimate of drug-likeness (QED) is 0.377. The van der Waals surface area contributed by atoms with Gasteiger partial charge in [0.2, 0.25) is 17.7 Å². The Morgan fingerprint density at radius 1 is 1.14 bits per heavy atom. The van der Waals surface area contributed by atoms with Crippen molar-refractivity contribution in [2.45, 2.75) is 37.8 Å². The molecular weight excluding hydrogens is 465 g/mol. The normalized spacial score (nSPS) is 15.8. The molecule has 0 saturated carbocycles. The third-order valence-corrected chi connectivity index (χ3v) is 6.12. The molecule has 1 fully saturated rings. The van der Waals surface area contributed by atoms with Crippen LogP contribution < -0.4 is 16.0 Å². The van der Waals surface area contributed by atoms with Gasteiger partial charge in [-0.15, -0.1) is 0 Å². The van der Waals surface area contributed by atoms with Gasteiger partial charge >= 0.3 is 0 Å². The summed E-state index contributed by atoms with van der Waals surface area (Å²) in [4.78, 5) is 43.3. The molecule has 3 N–H and O–H groups in total. The number of pyridine rings is 1. The number of hydrogen-bond donors (Lipinski definition) is 3. The maximum Gasteiger partial charge on any atom is 0.246 e. The molecule has 3 rings (SSSR count). The first-order chi connectivity index (χ1) is 17.4. The number of amides is 3. The Bertz CT molecular complexity index is 984. The molecule has 2 heterocycles. The van der Waals surface area contributed by atoms with Crippen LogP contribution >= 0.6 is 0 Å². The number of ether oxygens (including phenoxy) is 1. The molecule has 1 aliphatic rings. The van der Waals surface area contributed by atoms with Crippen molar-refractivity contribution in [3.05, 3.63) is 65.7 Å². The Balaban J connectivity index is 1.52. The van der Waals surface area contributed by atoms with Crippen molar-refractivity contribution in [3.8, 4) is 0 Å². The zero-order valence-electron chi connectivity index (χ0n) is 20.5. The number of benzene rings is 1. The molecule has 0 radical (unpaired) electrons. The molecule has 9 nitrogen and oxygen atoms in total. The third-order valence-electron chi connectivity index (χ3n) is 6.12. The molecule has 10 heteroatoms. The van der Waals surface area contributed by atoms with Crippen LogP contribution in [0.1, 0.15) is 24.0 Å². The topological polar surface area (TPSA) is 113 Å². The van der Waals surface area contributed by atoms with Crippen molar-refractivity contribution in [2.75, 3.05) is 39.9 Å². The minimum Gasteiger partial charge on any atom is -0.370 e. The van der Waals surface area contributed by atoms with Crippen LogP contribution in [0.3, 0.4) is 0 Å². The smallest absolute Gasteiger partial charge is 0.246 e. The molecule has 3 amide bonds. The lowest BCUT2D eigenvalue weighted by molar-refractivity contribution is -0.139. The van der Waals surface area contributed by atoms with Crippen LogP contribution in [-0.4, -0.2) is 79.6 Å². The van der Waals surface area contributed by atoms with E-state index in [2.05, 4.69) is 20.9 Å². The molecule has 1 aliphatic heterocycles. The van der Waals surface area contributed by atoms with Gasteiger partial charge in [0.15, 0.2) is 0 Å². The van der Waals surface area contributed by atoms with Gasteiger partial charge in [0.05, 0.1) is 13.2 Å². The number of halogens is 1. The number of aromatic nitrogens is 1. The average Bonchev–Trinajstić information content (AvgIpc) is 3.40. The van der Waals surface area contributed by atoms with Crippen LogP contribution in [0.15, 0.2) is 48.8 Å². The SMILES string of the molecule is CN(C(=O)CNC(=O)COCC1CCCN1)C(Cc1ccc(F)cc1)C(=O)NCCc1ccncc1. The number of rotatable bonds is 13. The first-order valence-electron chi connectivity index (χ1n) is 12.2. The lowest BCUT2D eigenvalue weighted by Crippen LogP contribution is -2.51. The van der Waals surface area contributed by atoms with Gasteiger partial charge in [-0.1, -0.05) is 12.1 Å². The van der Waals surface area contributed by atoms with Crippen LogP contribution in [0.4, 0.5) is 4.39 Å².